The topological polar surface area (TPSA) is 51.2 Å². The van der Waals surface area contributed by atoms with E-state index in [0.717, 1.165) is 16.5 Å². The Morgan fingerprint density at radius 1 is 1.33 bits per heavy atom. The van der Waals surface area contributed by atoms with Crippen LogP contribution in [0.25, 0.3) is 17.0 Å². The number of nitrogens with one attached hydrogen (secondary N) is 1. The number of nitrogens with zero attached hydrogens (tertiary/aromatic N) is 1. The highest BCUT2D eigenvalue weighted by atomic mass is 16.6. The van der Waals surface area contributed by atoms with Crippen LogP contribution in [0, 0.1) is 0 Å². The molecular formula is C17H20N2O2. The molecule has 2 rings (SSSR count). The zero-order valence-electron chi connectivity index (χ0n) is 12.6. The van der Waals surface area contributed by atoms with Crippen LogP contribution in [0.4, 0.5) is 4.79 Å². The van der Waals surface area contributed by atoms with Gasteiger partial charge in [0.15, 0.2) is 0 Å². The maximum absolute atomic E-state index is 11.5. The first-order chi connectivity index (χ1) is 9.94. The van der Waals surface area contributed by atoms with E-state index in [1.54, 1.807) is 6.20 Å². The lowest BCUT2D eigenvalue weighted by Gasteiger charge is -2.19. The van der Waals surface area contributed by atoms with E-state index in [2.05, 4.69) is 16.4 Å². The van der Waals surface area contributed by atoms with Crippen LogP contribution < -0.4 is 5.32 Å². The first-order valence-electron chi connectivity index (χ1n) is 6.92. The summed E-state index contributed by atoms with van der Waals surface area (Å²) in [7, 11) is 0. The molecule has 0 fully saturated rings. The van der Waals surface area contributed by atoms with E-state index in [4.69, 9.17) is 4.74 Å². The predicted molar refractivity (Wildman–Crippen MR) is 85.0 cm³/mol. The SMILES string of the molecule is CC(C)(C)OC(=O)NCC=Cc1ccc2ncccc2c1. The molecule has 4 nitrogen and oxygen atoms in total. The fourth-order valence-corrected chi connectivity index (χ4v) is 1.85. The molecule has 0 saturated heterocycles. The van der Waals surface area contributed by atoms with Crippen LogP contribution in [-0.4, -0.2) is 23.2 Å². The molecule has 0 aliphatic carbocycles. The number of pyridine rings is 1. The minimum Gasteiger partial charge on any atom is -0.444 e. The normalized spacial score (nSPS) is 11.8. The fourth-order valence-electron chi connectivity index (χ4n) is 1.85. The minimum atomic E-state index is -0.473. The number of hydrogen-bond acceptors (Lipinski definition) is 3. The van der Waals surface area contributed by atoms with E-state index in [-0.39, 0.29) is 0 Å². The predicted octanol–water partition coefficient (Wildman–Crippen LogP) is 3.77. The lowest BCUT2D eigenvalue weighted by atomic mass is 10.1. The quantitative estimate of drug-likeness (QED) is 0.933. The molecule has 0 aliphatic heterocycles. The van der Waals surface area contributed by atoms with Gasteiger partial charge < -0.3 is 10.1 Å². The van der Waals surface area contributed by atoms with Gasteiger partial charge in [0.2, 0.25) is 0 Å². The third-order valence-corrected chi connectivity index (χ3v) is 2.70. The van der Waals surface area contributed by atoms with Crippen LogP contribution in [0.1, 0.15) is 26.3 Å². The van der Waals surface area contributed by atoms with Gasteiger partial charge in [-0.1, -0.05) is 24.3 Å². The van der Waals surface area contributed by atoms with Gasteiger partial charge in [-0.25, -0.2) is 4.79 Å². The molecule has 2 aromatic rings. The molecule has 0 bridgehead atoms. The fraction of sp³-hybridized carbons (Fsp3) is 0.294. The number of carbonyl (C=O) groups is 1. The van der Waals surface area contributed by atoms with Gasteiger partial charge in [-0.3, -0.25) is 4.98 Å². The van der Waals surface area contributed by atoms with Crippen LogP contribution in [0.2, 0.25) is 0 Å². The molecule has 0 radical (unpaired) electrons. The molecule has 1 aromatic carbocycles. The summed E-state index contributed by atoms with van der Waals surface area (Å²) in [5, 5.41) is 3.78. The van der Waals surface area contributed by atoms with Gasteiger partial charge in [-0.05, 0) is 44.5 Å². The second-order valence-corrected chi connectivity index (χ2v) is 5.74. The summed E-state index contributed by atoms with van der Waals surface area (Å²) in [6, 6.07) is 9.99. The number of fused-ring (bicyclic) bond motifs is 1. The van der Waals surface area contributed by atoms with Gasteiger partial charge >= 0.3 is 6.09 Å². The summed E-state index contributed by atoms with van der Waals surface area (Å²) >= 11 is 0. The average molecular weight is 284 g/mol. The number of rotatable bonds is 3. The molecule has 4 heteroatoms. The van der Waals surface area contributed by atoms with Gasteiger partial charge in [0.1, 0.15) is 5.60 Å². The molecule has 0 saturated carbocycles. The molecule has 1 N–H and O–H groups in total. The highest BCUT2D eigenvalue weighted by Gasteiger charge is 2.14. The van der Waals surface area contributed by atoms with Crippen molar-refractivity contribution in [3.05, 3.63) is 48.2 Å². The second-order valence-electron chi connectivity index (χ2n) is 5.74. The molecule has 0 unspecified atom stereocenters. The summed E-state index contributed by atoms with van der Waals surface area (Å²) in [6.45, 7) is 5.95. The summed E-state index contributed by atoms with van der Waals surface area (Å²) in [5.41, 5.74) is 1.57. The number of benzene rings is 1. The first kappa shape index (κ1) is 15.0. The van der Waals surface area contributed by atoms with E-state index in [1.165, 1.54) is 0 Å². The highest BCUT2D eigenvalue weighted by molar-refractivity contribution is 5.81. The average Bonchev–Trinajstić information content (AvgIpc) is 2.41. The minimum absolute atomic E-state index is 0.408. The van der Waals surface area contributed by atoms with Crippen molar-refractivity contribution in [3.8, 4) is 0 Å². The van der Waals surface area contributed by atoms with Crippen LogP contribution in [0.3, 0.4) is 0 Å². The molecule has 0 aliphatic rings. The summed E-state index contributed by atoms with van der Waals surface area (Å²) < 4.78 is 5.16. The Labute approximate surface area is 124 Å². The molecule has 1 aromatic heterocycles. The van der Waals surface area contributed by atoms with Crippen molar-refractivity contribution in [1.29, 1.82) is 0 Å². The van der Waals surface area contributed by atoms with Crippen LogP contribution in [-0.2, 0) is 4.74 Å². The third kappa shape index (κ3) is 4.91. The molecule has 1 amide bonds. The van der Waals surface area contributed by atoms with Gasteiger partial charge in [-0.2, -0.15) is 0 Å². The van der Waals surface area contributed by atoms with Crippen molar-refractivity contribution in [3.63, 3.8) is 0 Å². The zero-order valence-corrected chi connectivity index (χ0v) is 12.6. The van der Waals surface area contributed by atoms with Crippen LogP contribution in [0.15, 0.2) is 42.6 Å². The maximum Gasteiger partial charge on any atom is 0.407 e. The summed E-state index contributed by atoms with van der Waals surface area (Å²) in [6.07, 6.45) is 5.23. The van der Waals surface area contributed by atoms with E-state index in [0.29, 0.717) is 6.54 Å². The molecule has 0 atom stereocenters. The monoisotopic (exact) mass is 284 g/mol. The number of hydrogen-bond donors (Lipinski definition) is 1. The van der Waals surface area contributed by atoms with Crippen molar-refractivity contribution in [1.82, 2.24) is 10.3 Å². The molecule has 0 spiro atoms. The molecule has 1 heterocycles. The van der Waals surface area contributed by atoms with Crippen molar-refractivity contribution >= 4 is 23.1 Å². The van der Waals surface area contributed by atoms with Gasteiger partial charge in [0.05, 0.1) is 5.52 Å². The number of ether oxygens (including phenoxy) is 1. The Hall–Kier alpha value is -2.36. The van der Waals surface area contributed by atoms with E-state index < -0.39 is 11.7 Å². The maximum atomic E-state index is 11.5. The van der Waals surface area contributed by atoms with Crippen LogP contribution >= 0.6 is 0 Å². The Balaban J connectivity index is 1.90. The van der Waals surface area contributed by atoms with Crippen molar-refractivity contribution in [2.24, 2.45) is 0 Å². The van der Waals surface area contributed by atoms with Crippen molar-refractivity contribution < 1.29 is 9.53 Å². The number of aromatic nitrogens is 1. The van der Waals surface area contributed by atoms with E-state index in [1.807, 2.05) is 57.2 Å². The Morgan fingerprint density at radius 3 is 2.90 bits per heavy atom. The van der Waals surface area contributed by atoms with Crippen molar-refractivity contribution in [2.45, 2.75) is 26.4 Å². The zero-order chi connectivity index (χ0) is 15.3. The van der Waals surface area contributed by atoms with E-state index in [9.17, 15) is 4.79 Å². The largest absolute Gasteiger partial charge is 0.444 e. The number of amides is 1. The first-order valence-corrected chi connectivity index (χ1v) is 6.92. The third-order valence-electron chi connectivity index (χ3n) is 2.70. The Bertz CT molecular complexity index is 657. The number of alkyl carbamates (subject to hydrolysis) is 1. The molecule has 21 heavy (non-hydrogen) atoms. The van der Waals surface area contributed by atoms with E-state index >= 15 is 0 Å². The van der Waals surface area contributed by atoms with Gasteiger partial charge in [0, 0.05) is 18.1 Å². The Kier molecular flexibility index (Phi) is 4.58. The highest BCUT2D eigenvalue weighted by Crippen LogP contribution is 2.14. The summed E-state index contributed by atoms with van der Waals surface area (Å²) in [4.78, 5) is 15.7. The van der Waals surface area contributed by atoms with Crippen molar-refractivity contribution in [2.75, 3.05) is 6.54 Å². The molecular weight excluding hydrogens is 264 g/mol. The van der Waals surface area contributed by atoms with Gasteiger partial charge in [0.25, 0.3) is 0 Å². The second kappa shape index (κ2) is 6.39. The lowest BCUT2D eigenvalue weighted by molar-refractivity contribution is 0.0534. The Morgan fingerprint density at radius 2 is 2.14 bits per heavy atom. The van der Waals surface area contributed by atoms with Gasteiger partial charge in [-0.15, -0.1) is 0 Å². The lowest BCUT2D eigenvalue weighted by Crippen LogP contribution is -2.32. The summed E-state index contributed by atoms with van der Waals surface area (Å²) in [5.74, 6) is 0. The smallest absolute Gasteiger partial charge is 0.407 e. The standard InChI is InChI=1S/C17H20N2O2/c1-17(2,3)21-16(20)19-11-4-6-13-8-9-15-14(12-13)7-5-10-18-15/h4-10,12H,11H2,1-3H3,(H,19,20). The molecule has 110 valence electrons. The van der Waals surface area contributed by atoms with Crippen LogP contribution in [0.5, 0.6) is 0 Å². The number of carbonyl (C=O) groups excluding carboxylic acids is 1.